The molecule has 0 spiro atoms. The van der Waals surface area contributed by atoms with E-state index in [1.165, 1.54) is 7.11 Å². The molecule has 2 aromatic carbocycles. The number of H-pyrrole nitrogens is 1. The molecular weight excluding hydrogens is 460 g/mol. The van der Waals surface area contributed by atoms with Gasteiger partial charge in [0.15, 0.2) is 23.9 Å². The molecule has 4 aromatic rings. The van der Waals surface area contributed by atoms with E-state index in [1.54, 1.807) is 29.1 Å². The fourth-order valence-corrected chi connectivity index (χ4v) is 3.92. The normalized spacial score (nSPS) is 14.2. The van der Waals surface area contributed by atoms with Crippen LogP contribution in [-0.4, -0.2) is 55.4 Å². The van der Waals surface area contributed by atoms with Gasteiger partial charge in [-0.2, -0.15) is 10.2 Å². The fraction of sp³-hybridized carbons (Fsp3) is 0.304. The van der Waals surface area contributed by atoms with E-state index in [9.17, 15) is 9.90 Å². The van der Waals surface area contributed by atoms with Crippen molar-refractivity contribution >= 4 is 28.4 Å². The number of aliphatic hydroxyl groups is 1. The number of hydrogen-bond donors (Lipinski definition) is 3. The van der Waals surface area contributed by atoms with Gasteiger partial charge in [-0.15, -0.1) is 0 Å². The average Bonchev–Trinajstić information content (AvgIpc) is 3.20. The number of hydrogen-bond acceptors (Lipinski definition) is 7. The summed E-state index contributed by atoms with van der Waals surface area (Å²) in [5.74, 6) is 1.72. The molecule has 1 saturated carbocycles. The SMILES string of the molecule is COc1cc(-c2nc(Cc3ccc4[nH]ncc4c3Cl)n(C)n2)ccc1OCC(=O)NC1(O)CC1. The summed E-state index contributed by atoms with van der Waals surface area (Å²) in [6, 6.07) is 9.15. The number of benzene rings is 2. The summed E-state index contributed by atoms with van der Waals surface area (Å²) in [6.45, 7) is -0.230. The van der Waals surface area contributed by atoms with Gasteiger partial charge in [0, 0.05) is 24.4 Å². The highest BCUT2D eigenvalue weighted by Crippen LogP contribution is 2.33. The molecule has 176 valence electrons. The Bertz CT molecular complexity index is 1380. The maximum absolute atomic E-state index is 12.0. The first-order valence-electron chi connectivity index (χ1n) is 10.7. The molecule has 0 bridgehead atoms. The van der Waals surface area contributed by atoms with Crippen molar-refractivity contribution in [1.82, 2.24) is 30.3 Å². The van der Waals surface area contributed by atoms with Crippen LogP contribution < -0.4 is 14.8 Å². The average molecular weight is 483 g/mol. The third-order valence-electron chi connectivity index (χ3n) is 5.72. The lowest BCUT2D eigenvalue weighted by atomic mass is 10.1. The smallest absolute Gasteiger partial charge is 0.260 e. The van der Waals surface area contributed by atoms with Crippen LogP contribution in [0.3, 0.4) is 0 Å². The highest BCUT2D eigenvalue weighted by Gasteiger charge is 2.41. The van der Waals surface area contributed by atoms with Crippen molar-refractivity contribution < 1.29 is 19.4 Å². The zero-order valence-electron chi connectivity index (χ0n) is 18.6. The van der Waals surface area contributed by atoms with Crippen LogP contribution in [0.5, 0.6) is 11.5 Å². The largest absolute Gasteiger partial charge is 0.493 e. The van der Waals surface area contributed by atoms with Gasteiger partial charge in [0.1, 0.15) is 11.5 Å². The van der Waals surface area contributed by atoms with Crippen molar-refractivity contribution in [3.05, 3.63) is 52.9 Å². The number of carbonyl (C=O) groups excluding carboxylic acids is 1. The van der Waals surface area contributed by atoms with E-state index in [4.69, 9.17) is 26.1 Å². The van der Waals surface area contributed by atoms with E-state index in [1.807, 2.05) is 19.2 Å². The Balaban J connectivity index is 1.33. The van der Waals surface area contributed by atoms with E-state index in [-0.39, 0.29) is 6.61 Å². The molecule has 0 atom stereocenters. The summed E-state index contributed by atoms with van der Waals surface area (Å²) in [5.41, 5.74) is 1.46. The Morgan fingerprint density at radius 3 is 2.88 bits per heavy atom. The first-order chi connectivity index (χ1) is 16.3. The molecule has 0 saturated heterocycles. The molecule has 2 aromatic heterocycles. The Labute approximate surface area is 199 Å². The van der Waals surface area contributed by atoms with Gasteiger partial charge in [-0.25, -0.2) is 4.98 Å². The maximum atomic E-state index is 12.0. The van der Waals surface area contributed by atoms with Crippen LogP contribution in [0.4, 0.5) is 0 Å². The third kappa shape index (κ3) is 4.42. The molecule has 0 aliphatic heterocycles. The second-order valence-corrected chi connectivity index (χ2v) is 8.63. The van der Waals surface area contributed by atoms with Crippen molar-refractivity contribution in [3.8, 4) is 22.9 Å². The first-order valence-corrected chi connectivity index (χ1v) is 11.1. The van der Waals surface area contributed by atoms with E-state index in [2.05, 4.69) is 20.6 Å². The van der Waals surface area contributed by atoms with Crippen LogP contribution >= 0.6 is 11.6 Å². The van der Waals surface area contributed by atoms with E-state index in [0.717, 1.165) is 27.9 Å². The van der Waals surface area contributed by atoms with E-state index >= 15 is 0 Å². The zero-order chi connectivity index (χ0) is 23.9. The Morgan fingerprint density at radius 2 is 2.12 bits per heavy atom. The number of ether oxygens (including phenoxy) is 2. The molecule has 34 heavy (non-hydrogen) atoms. The molecule has 10 nitrogen and oxygen atoms in total. The van der Waals surface area contributed by atoms with Gasteiger partial charge in [0.25, 0.3) is 5.91 Å². The van der Waals surface area contributed by atoms with E-state index in [0.29, 0.717) is 41.6 Å². The van der Waals surface area contributed by atoms with E-state index < -0.39 is 11.6 Å². The van der Waals surface area contributed by atoms with Gasteiger partial charge in [-0.05, 0) is 42.7 Å². The Hall–Kier alpha value is -3.63. The van der Waals surface area contributed by atoms with Crippen LogP contribution in [-0.2, 0) is 18.3 Å². The molecule has 1 amide bonds. The van der Waals surface area contributed by atoms with Crippen molar-refractivity contribution in [1.29, 1.82) is 0 Å². The lowest BCUT2D eigenvalue weighted by Gasteiger charge is -2.13. The van der Waals surface area contributed by atoms with Crippen LogP contribution in [0.1, 0.15) is 24.2 Å². The minimum Gasteiger partial charge on any atom is -0.493 e. The number of amides is 1. The summed E-state index contributed by atoms with van der Waals surface area (Å²) >= 11 is 6.57. The highest BCUT2D eigenvalue weighted by molar-refractivity contribution is 6.36. The molecule has 2 heterocycles. The zero-order valence-corrected chi connectivity index (χ0v) is 19.4. The maximum Gasteiger partial charge on any atom is 0.260 e. The molecule has 0 radical (unpaired) electrons. The Morgan fingerprint density at radius 1 is 1.29 bits per heavy atom. The standard InChI is InChI=1S/C23H23ClN6O4/c1-30-19(10-13-3-5-16-15(21(13)24)11-25-28-16)26-22(29-30)14-4-6-17(18(9-14)33-2)34-12-20(31)27-23(32)7-8-23/h3-6,9,11,32H,7-8,10,12H2,1-2H3,(H,25,28)(H,27,31). The van der Waals surface area contributed by atoms with Crippen LogP contribution in [0.15, 0.2) is 36.5 Å². The van der Waals surface area contributed by atoms with Crippen molar-refractivity contribution in [2.45, 2.75) is 25.0 Å². The van der Waals surface area contributed by atoms with Crippen molar-refractivity contribution in [2.24, 2.45) is 7.05 Å². The monoisotopic (exact) mass is 482 g/mol. The second-order valence-electron chi connectivity index (χ2n) is 8.26. The van der Waals surface area contributed by atoms with Crippen molar-refractivity contribution in [3.63, 3.8) is 0 Å². The molecule has 1 aliphatic rings. The molecule has 0 unspecified atom stereocenters. The highest BCUT2D eigenvalue weighted by atomic mass is 35.5. The fourth-order valence-electron chi connectivity index (χ4n) is 3.64. The molecule has 5 rings (SSSR count). The van der Waals surface area contributed by atoms with Gasteiger partial charge in [0.05, 0.1) is 23.8 Å². The minimum absolute atomic E-state index is 0.230. The summed E-state index contributed by atoms with van der Waals surface area (Å²) < 4.78 is 12.7. The molecule has 1 fully saturated rings. The van der Waals surface area contributed by atoms with Crippen LogP contribution in [0, 0.1) is 0 Å². The number of nitrogens with zero attached hydrogens (tertiary/aromatic N) is 4. The van der Waals surface area contributed by atoms with Crippen LogP contribution in [0.25, 0.3) is 22.3 Å². The number of rotatable bonds is 8. The van der Waals surface area contributed by atoms with Gasteiger partial charge >= 0.3 is 0 Å². The predicted molar refractivity (Wildman–Crippen MR) is 125 cm³/mol. The third-order valence-corrected chi connectivity index (χ3v) is 6.16. The number of nitrogens with one attached hydrogen (secondary N) is 2. The summed E-state index contributed by atoms with van der Waals surface area (Å²) in [7, 11) is 3.35. The second kappa shape index (κ2) is 8.62. The number of methoxy groups -OCH3 is 1. The first kappa shape index (κ1) is 22.2. The summed E-state index contributed by atoms with van der Waals surface area (Å²) in [6.07, 6.45) is 3.32. The molecule has 1 aliphatic carbocycles. The quantitative estimate of drug-likeness (QED) is 0.329. The number of halogens is 1. The lowest BCUT2D eigenvalue weighted by Crippen LogP contribution is -2.39. The van der Waals surface area contributed by atoms with Gasteiger partial charge in [-0.1, -0.05) is 17.7 Å². The van der Waals surface area contributed by atoms with Crippen molar-refractivity contribution in [2.75, 3.05) is 13.7 Å². The molecular formula is C23H23ClN6O4. The number of aryl methyl sites for hydroxylation is 1. The number of carbonyl (C=O) groups is 1. The van der Waals surface area contributed by atoms with Gasteiger partial charge in [0.2, 0.25) is 0 Å². The minimum atomic E-state index is -1.08. The lowest BCUT2D eigenvalue weighted by molar-refractivity contribution is -0.126. The number of aromatic amines is 1. The Kier molecular flexibility index (Phi) is 5.62. The van der Waals surface area contributed by atoms with Gasteiger partial charge in [-0.3, -0.25) is 14.6 Å². The molecule has 11 heteroatoms. The molecule has 3 N–H and O–H groups in total. The summed E-state index contributed by atoms with van der Waals surface area (Å²) in [5, 5.41) is 25.3. The summed E-state index contributed by atoms with van der Waals surface area (Å²) in [4.78, 5) is 16.6. The topological polar surface area (TPSA) is 127 Å². The number of aromatic nitrogens is 5. The van der Waals surface area contributed by atoms with Crippen LogP contribution in [0.2, 0.25) is 5.02 Å². The predicted octanol–water partition coefficient (Wildman–Crippen LogP) is 2.59. The van der Waals surface area contributed by atoms with Gasteiger partial charge < -0.3 is 19.9 Å². The number of fused-ring (bicyclic) bond motifs is 1.